The van der Waals surface area contributed by atoms with Crippen LogP contribution < -0.4 is 22.1 Å². The van der Waals surface area contributed by atoms with E-state index in [0.717, 1.165) is 11.6 Å². The van der Waals surface area contributed by atoms with Crippen LogP contribution in [0, 0.1) is 10.1 Å². The van der Waals surface area contributed by atoms with Crippen LogP contribution in [-0.2, 0) is 11.2 Å². The molecule has 0 bridgehead atoms. The Kier molecular flexibility index (Phi) is 6.91. The summed E-state index contributed by atoms with van der Waals surface area (Å²) in [5.41, 5.74) is 13.1. The molecule has 0 aliphatic heterocycles. The number of anilines is 3. The number of benzene rings is 3. The quantitative estimate of drug-likeness (QED) is 0.244. The monoisotopic (exact) mass is 453 g/mol. The van der Waals surface area contributed by atoms with Crippen molar-refractivity contribution in [3.63, 3.8) is 0 Å². The van der Waals surface area contributed by atoms with Gasteiger partial charge in [-0.05, 0) is 29.8 Å². The number of carbonyl (C=O) groups excluding carboxylic acids is 2. The van der Waals surface area contributed by atoms with Crippen LogP contribution in [0.15, 0.2) is 66.7 Å². The number of nitro benzene ring substituents is 1. The Labute approximate surface area is 188 Å². The number of rotatable bonds is 7. The summed E-state index contributed by atoms with van der Waals surface area (Å²) < 4.78 is 0. The number of hydrogen-bond donors (Lipinski definition) is 4. The van der Waals surface area contributed by atoms with Crippen molar-refractivity contribution in [3.05, 3.63) is 93.0 Å². The van der Waals surface area contributed by atoms with Gasteiger partial charge in [0.1, 0.15) is 6.04 Å². The first-order valence-electron chi connectivity index (χ1n) is 9.49. The third kappa shape index (κ3) is 5.52. The Balaban J connectivity index is 1.83. The van der Waals surface area contributed by atoms with Crippen molar-refractivity contribution in [2.24, 2.45) is 0 Å². The van der Waals surface area contributed by atoms with Gasteiger partial charge in [0, 0.05) is 24.1 Å². The SMILES string of the molecule is Nc1ccc(C(=O)N[C@@H](Cc2ccccc2)C(=O)Nc2ccc([N+](=O)[O-])cc2Cl)cc1N. The Morgan fingerprint density at radius 2 is 1.72 bits per heavy atom. The highest BCUT2D eigenvalue weighted by Gasteiger charge is 2.23. The van der Waals surface area contributed by atoms with Crippen LogP contribution in [0.4, 0.5) is 22.7 Å². The van der Waals surface area contributed by atoms with Crippen LogP contribution in [0.25, 0.3) is 0 Å². The Hall–Kier alpha value is -4.11. The Morgan fingerprint density at radius 3 is 2.34 bits per heavy atom. The van der Waals surface area contributed by atoms with E-state index < -0.39 is 22.8 Å². The van der Waals surface area contributed by atoms with Gasteiger partial charge in [0.05, 0.1) is 27.0 Å². The summed E-state index contributed by atoms with van der Waals surface area (Å²) in [5, 5.41) is 16.2. The highest BCUT2D eigenvalue weighted by molar-refractivity contribution is 6.34. The van der Waals surface area contributed by atoms with E-state index in [1.54, 1.807) is 0 Å². The average molecular weight is 454 g/mol. The van der Waals surface area contributed by atoms with Crippen LogP contribution in [0.3, 0.4) is 0 Å². The van der Waals surface area contributed by atoms with Crippen LogP contribution in [0.2, 0.25) is 5.02 Å². The van der Waals surface area contributed by atoms with Gasteiger partial charge in [-0.3, -0.25) is 19.7 Å². The third-order valence-electron chi connectivity index (χ3n) is 4.67. The topological polar surface area (TPSA) is 153 Å². The number of nitrogen functional groups attached to an aromatic ring is 2. The van der Waals surface area contributed by atoms with E-state index in [9.17, 15) is 19.7 Å². The van der Waals surface area contributed by atoms with E-state index in [4.69, 9.17) is 23.1 Å². The van der Waals surface area contributed by atoms with Gasteiger partial charge >= 0.3 is 0 Å². The predicted molar refractivity (Wildman–Crippen MR) is 123 cm³/mol. The van der Waals surface area contributed by atoms with Crippen LogP contribution in [0.5, 0.6) is 0 Å². The minimum absolute atomic E-state index is 0.00338. The maximum atomic E-state index is 13.0. The Morgan fingerprint density at radius 1 is 1.00 bits per heavy atom. The fraction of sp³-hybridized carbons (Fsp3) is 0.0909. The fourth-order valence-corrected chi connectivity index (χ4v) is 3.18. The number of nitro groups is 1. The minimum Gasteiger partial charge on any atom is -0.397 e. The molecule has 6 N–H and O–H groups in total. The zero-order valence-corrected chi connectivity index (χ0v) is 17.5. The molecule has 164 valence electrons. The zero-order valence-electron chi connectivity index (χ0n) is 16.7. The number of nitrogens with two attached hydrogens (primary N) is 2. The molecule has 0 heterocycles. The molecule has 3 rings (SSSR count). The molecule has 0 aromatic heterocycles. The zero-order chi connectivity index (χ0) is 23.3. The number of halogens is 1. The molecular formula is C22H20ClN5O4. The lowest BCUT2D eigenvalue weighted by atomic mass is 10.0. The number of non-ortho nitro benzene ring substituents is 1. The van der Waals surface area contributed by atoms with Gasteiger partial charge in [0.25, 0.3) is 11.6 Å². The molecule has 0 radical (unpaired) electrons. The first kappa shape index (κ1) is 22.6. The fourth-order valence-electron chi connectivity index (χ4n) is 2.96. The molecule has 0 spiro atoms. The molecule has 9 nitrogen and oxygen atoms in total. The van der Waals surface area contributed by atoms with Gasteiger partial charge in [0.2, 0.25) is 5.91 Å². The smallest absolute Gasteiger partial charge is 0.271 e. The van der Waals surface area contributed by atoms with E-state index in [1.807, 2.05) is 30.3 Å². The molecule has 3 aromatic rings. The summed E-state index contributed by atoms with van der Waals surface area (Å²) in [5.74, 6) is -1.05. The molecule has 0 aliphatic rings. The Bertz CT molecular complexity index is 1170. The lowest BCUT2D eigenvalue weighted by molar-refractivity contribution is -0.384. The highest BCUT2D eigenvalue weighted by Crippen LogP contribution is 2.27. The van der Waals surface area contributed by atoms with Gasteiger partial charge in [-0.1, -0.05) is 41.9 Å². The number of nitrogens with zero attached hydrogens (tertiary/aromatic N) is 1. The summed E-state index contributed by atoms with van der Waals surface area (Å²) in [6.45, 7) is 0. The third-order valence-corrected chi connectivity index (χ3v) is 4.99. The van der Waals surface area contributed by atoms with Crippen molar-refractivity contribution < 1.29 is 14.5 Å². The molecule has 0 saturated heterocycles. The van der Waals surface area contributed by atoms with E-state index >= 15 is 0 Å². The van der Waals surface area contributed by atoms with Gasteiger partial charge in [-0.2, -0.15) is 0 Å². The maximum absolute atomic E-state index is 13.0. The second-order valence-electron chi connectivity index (χ2n) is 6.97. The molecule has 32 heavy (non-hydrogen) atoms. The van der Waals surface area contributed by atoms with Gasteiger partial charge in [0.15, 0.2) is 0 Å². The van der Waals surface area contributed by atoms with E-state index in [0.29, 0.717) is 5.69 Å². The minimum atomic E-state index is -0.963. The first-order valence-corrected chi connectivity index (χ1v) is 9.87. The van der Waals surface area contributed by atoms with Crippen LogP contribution >= 0.6 is 11.6 Å². The lowest BCUT2D eigenvalue weighted by Gasteiger charge is -2.19. The molecule has 0 unspecified atom stereocenters. The number of nitrogens with one attached hydrogen (secondary N) is 2. The summed E-state index contributed by atoms with van der Waals surface area (Å²) >= 11 is 6.08. The van der Waals surface area contributed by atoms with Crippen molar-refractivity contribution in [2.75, 3.05) is 16.8 Å². The summed E-state index contributed by atoms with van der Waals surface area (Å²) in [4.78, 5) is 36.1. The number of hydrogen-bond acceptors (Lipinski definition) is 6. The summed E-state index contributed by atoms with van der Waals surface area (Å²) in [6.07, 6.45) is 0.202. The van der Waals surface area contributed by atoms with Gasteiger partial charge in [-0.25, -0.2) is 0 Å². The molecule has 3 aromatic carbocycles. The predicted octanol–water partition coefficient (Wildman–Crippen LogP) is 3.39. The number of carbonyl (C=O) groups is 2. The summed E-state index contributed by atoms with van der Waals surface area (Å²) in [7, 11) is 0. The molecule has 10 heteroatoms. The van der Waals surface area contributed by atoms with Gasteiger partial charge < -0.3 is 22.1 Å². The maximum Gasteiger partial charge on any atom is 0.271 e. The van der Waals surface area contributed by atoms with Crippen molar-refractivity contribution in [3.8, 4) is 0 Å². The second kappa shape index (κ2) is 9.80. The van der Waals surface area contributed by atoms with Crippen LogP contribution in [0.1, 0.15) is 15.9 Å². The van der Waals surface area contributed by atoms with E-state index in [2.05, 4.69) is 10.6 Å². The van der Waals surface area contributed by atoms with Crippen molar-refractivity contribution >= 4 is 46.2 Å². The molecular weight excluding hydrogens is 434 g/mol. The largest absolute Gasteiger partial charge is 0.397 e. The van der Waals surface area contributed by atoms with Crippen molar-refractivity contribution in [2.45, 2.75) is 12.5 Å². The van der Waals surface area contributed by atoms with E-state index in [1.165, 1.54) is 30.3 Å². The average Bonchev–Trinajstić information content (AvgIpc) is 2.77. The van der Waals surface area contributed by atoms with E-state index in [-0.39, 0.29) is 34.1 Å². The standard InChI is InChI=1S/C22H20ClN5O4/c23-16-12-15(28(31)32)7-9-19(16)26-22(30)20(10-13-4-2-1-3-5-13)27-21(29)14-6-8-17(24)18(25)11-14/h1-9,11-12,20H,10,24-25H2,(H,26,30)(H,27,29)/t20-/m0/s1. The second-order valence-corrected chi connectivity index (χ2v) is 7.38. The molecule has 0 aliphatic carbocycles. The molecule has 0 fully saturated rings. The summed E-state index contributed by atoms with van der Waals surface area (Å²) in [6, 6.07) is 16.3. The normalized spacial score (nSPS) is 11.4. The van der Waals surface area contributed by atoms with Crippen molar-refractivity contribution in [1.29, 1.82) is 0 Å². The first-order chi connectivity index (χ1) is 15.2. The highest BCUT2D eigenvalue weighted by atomic mass is 35.5. The number of amides is 2. The molecule has 2 amide bonds. The van der Waals surface area contributed by atoms with Crippen LogP contribution in [-0.4, -0.2) is 22.8 Å². The van der Waals surface area contributed by atoms with Gasteiger partial charge in [-0.15, -0.1) is 0 Å². The lowest BCUT2D eigenvalue weighted by Crippen LogP contribution is -2.45. The molecule has 1 atom stereocenters. The van der Waals surface area contributed by atoms with Crippen molar-refractivity contribution in [1.82, 2.24) is 5.32 Å². The molecule has 0 saturated carbocycles.